The van der Waals surface area contributed by atoms with Crippen molar-refractivity contribution >= 4 is 5.97 Å². The quantitative estimate of drug-likeness (QED) is 0.650. The largest absolute Gasteiger partial charge is 0.497 e. The molecule has 25 heavy (non-hydrogen) atoms. The van der Waals surface area contributed by atoms with Gasteiger partial charge in [0.2, 0.25) is 5.89 Å². The van der Waals surface area contributed by atoms with Gasteiger partial charge in [0.05, 0.1) is 7.11 Å². The van der Waals surface area contributed by atoms with E-state index in [1.807, 2.05) is 12.1 Å². The van der Waals surface area contributed by atoms with Gasteiger partial charge in [0.1, 0.15) is 22.8 Å². The Labute approximate surface area is 144 Å². The zero-order chi connectivity index (χ0) is 18.0. The first-order valence-electron chi connectivity index (χ1n) is 7.73. The SMILES string of the molecule is COc1ccc(-c2nnc([C@H](C)OC(=O)c3cc(C)oc3C)o2)cc1. The number of hydrogen-bond donors (Lipinski definition) is 0. The second-order valence-corrected chi connectivity index (χ2v) is 5.55. The molecule has 0 aliphatic carbocycles. The molecule has 2 aromatic heterocycles. The van der Waals surface area contributed by atoms with Gasteiger partial charge in [0, 0.05) is 5.56 Å². The molecule has 0 unspecified atom stereocenters. The minimum Gasteiger partial charge on any atom is -0.497 e. The van der Waals surface area contributed by atoms with E-state index in [2.05, 4.69) is 10.2 Å². The Bertz CT molecular complexity index is 879. The van der Waals surface area contributed by atoms with Gasteiger partial charge in [-0.2, -0.15) is 0 Å². The number of methoxy groups -OCH3 is 1. The molecule has 130 valence electrons. The summed E-state index contributed by atoms with van der Waals surface area (Å²) in [5.74, 6) is 1.96. The van der Waals surface area contributed by atoms with Crippen molar-refractivity contribution in [2.75, 3.05) is 7.11 Å². The molecule has 3 rings (SSSR count). The van der Waals surface area contributed by atoms with Gasteiger partial charge >= 0.3 is 5.97 Å². The first-order chi connectivity index (χ1) is 12.0. The molecule has 7 nitrogen and oxygen atoms in total. The highest BCUT2D eigenvalue weighted by molar-refractivity contribution is 5.90. The van der Waals surface area contributed by atoms with E-state index >= 15 is 0 Å². The van der Waals surface area contributed by atoms with Crippen molar-refractivity contribution in [1.82, 2.24) is 10.2 Å². The van der Waals surface area contributed by atoms with Crippen LogP contribution in [0.5, 0.6) is 5.75 Å². The summed E-state index contributed by atoms with van der Waals surface area (Å²) in [5.41, 5.74) is 1.14. The van der Waals surface area contributed by atoms with Crippen LogP contribution in [0, 0.1) is 13.8 Å². The second kappa shape index (κ2) is 6.80. The van der Waals surface area contributed by atoms with Crippen LogP contribution in [-0.2, 0) is 4.74 Å². The Morgan fingerprint density at radius 1 is 1.12 bits per heavy atom. The summed E-state index contributed by atoms with van der Waals surface area (Å²) in [6, 6.07) is 8.86. The lowest BCUT2D eigenvalue weighted by Crippen LogP contribution is -2.09. The monoisotopic (exact) mass is 342 g/mol. The van der Waals surface area contributed by atoms with Crippen molar-refractivity contribution < 1.29 is 23.1 Å². The fourth-order valence-corrected chi connectivity index (χ4v) is 2.36. The summed E-state index contributed by atoms with van der Waals surface area (Å²) < 4.78 is 21.5. The summed E-state index contributed by atoms with van der Waals surface area (Å²) in [6.45, 7) is 5.15. The number of aryl methyl sites for hydroxylation is 2. The van der Waals surface area contributed by atoms with Crippen LogP contribution in [-0.4, -0.2) is 23.3 Å². The lowest BCUT2D eigenvalue weighted by molar-refractivity contribution is 0.0278. The van der Waals surface area contributed by atoms with Crippen LogP contribution in [0.1, 0.15) is 40.8 Å². The van der Waals surface area contributed by atoms with Crippen LogP contribution in [0.25, 0.3) is 11.5 Å². The molecule has 2 heterocycles. The third-order valence-electron chi connectivity index (χ3n) is 3.67. The van der Waals surface area contributed by atoms with Gasteiger partial charge in [-0.3, -0.25) is 0 Å². The van der Waals surface area contributed by atoms with Crippen molar-refractivity contribution in [2.45, 2.75) is 26.9 Å². The lowest BCUT2D eigenvalue weighted by atomic mass is 10.2. The minimum absolute atomic E-state index is 0.219. The number of ether oxygens (including phenoxy) is 2. The molecule has 0 spiro atoms. The molecular weight excluding hydrogens is 324 g/mol. The predicted molar refractivity (Wildman–Crippen MR) is 88.3 cm³/mol. The normalized spacial score (nSPS) is 12.0. The van der Waals surface area contributed by atoms with Gasteiger partial charge in [0.15, 0.2) is 6.10 Å². The Morgan fingerprint density at radius 2 is 1.84 bits per heavy atom. The topological polar surface area (TPSA) is 87.6 Å². The first-order valence-corrected chi connectivity index (χ1v) is 7.73. The minimum atomic E-state index is -0.679. The molecule has 3 aromatic rings. The van der Waals surface area contributed by atoms with Gasteiger partial charge in [-0.25, -0.2) is 4.79 Å². The molecule has 0 aliphatic rings. The third kappa shape index (κ3) is 3.55. The third-order valence-corrected chi connectivity index (χ3v) is 3.67. The van der Waals surface area contributed by atoms with Crippen molar-refractivity contribution in [3.63, 3.8) is 0 Å². The van der Waals surface area contributed by atoms with Gasteiger partial charge in [-0.05, 0) is 51.1 Å². The molecule has 0 fully saturated rings. The molecule has 0 radical (unpaired) electrons. The number of furan rings is 1. The van der Waals surface area contributed by atoms with Crippen LogP contribution in [0.15, 0.2) is 39.2 Å². The second-order valence-electron chi connectivity index (χ2n) is 5.55. The van der Waals surface area contributed by atoms with E-state index in [1.165, 1.54) is 0 Å². The molecule has 0 aliphatic heterocycles. The van der Waals surface area contributed by atoms with Crippen molar-refractivity contribution in [3.05, 3.63) is 53.3 Å². The van der Waals surface area contributed by atoms with Crippen molar-refractivity contribution in [2.24, 2.45) is 0 Å². The number of aromatic nitrogens is 2. The smallest absolute Gasteiger partial charge is 0.342 e. The summed E-state index contributed by atoms with van der Waals surface area (Å²) in [7, 11) is 1.60. The molecule has 1 aromatic carbocycles. The van der Waals surface area contributed by atoms with Crippen molar-refractivity contribution in [1.29, 1.82) is 0 Å². The number of nitrogens with zero attached hydrogens (tertiary/aromatic N) is 2. The summed E-state index contributed by atoms with van der Waals surface area (Å²) in [5, 5.41) is 7.96. The Hall–Kier alpha value is -3.09. The van der Waals surface area contributed by atoms with Gasteiger partial charge in [-0.15, -0.1) is 10.2 Å². The number of rotatable bonds is 5. The highest BCUT2D eigenvalue weighted by Gasteiger charge is 2.22. The van der Waals surface area contributed by atoms with Gasteiger partial charge < -0.3 is 18.3 Å². The van der Waals surface area contributed by atoms with E-state index in [0.29, 0.717) is 23.0 Å². The number of carbonyl (C=O) groups is 1. The summed E-state index contributed by atoms with van der Waals surface area (Å²) in [4.78, 5) is 12.2. The fraction of sp³-hybridized carbons (Fsp3) is 0.278. The molecule has 0 N–H and O–H groups in total. The maximum absolute atomic E-state index is 12.2. The fourth-order valence-electron chi connectivity index (χ4n) is 2.36. The van der Waals surface area contributed by atoms with Crippen molar-refractivity contribution in [3.8, 4) is 17.2 Å². The predicted octanol–water partition coefficient (Wildman–Crippen LogP) is 3.87. The highest BCUT2D eigenvalue weighted by atomic mass is 16.6. The van der Waals surface area contributed by atoms with E-state index < -0.39 is 12.1 Å². The number of benzene rings is 1. The molecule has 0 bridgehead atoms. The van der Waals surface area contributed by atoms with Crippen LogP contribution in [0.2, 0.25) is 0 Å². The average Bonchev–Trinajstić information content (AvgIpc) is 3.21. The molecular formula is C18H18N2O5. The van der Waals surface area contributed by atoms with E-state index in [1.54, 1.807) is 46.1 Å². The van der Waals surface area contributed by atoms with Crippen LogP contribution >= 0.6 is 0 Å². The Kier molecular flexibility index (Phi) is 4.56. The van der Waals surface area contributed by atoms with E-state index in [0.717, 1.165) is 11.3 Å². The zero-order valence-corrected chi connectivity index (χ0v) is 14.4. The highest BCUT2D eigenvalue weighted by Crippen LogP contribution is 2.25. The summed E-state index contributed by atoms with van der Waals surface area (Å²) >= 11 is 0. The van der Waals surface area contributed by atoms with Crippen LogP contribution in [0.3, 0.4) is 0 Å². The maximum atomic E-state index is 12.2. The molecule has 0 saturated heterocycles. The summed E-state index contributed by atoms with van der Waals surface area (Å²) in [6.07, 6.45) is -0.679. The Morgan fingerprint density at radius 3 is 2.44 bits per heavy atom. The molecule has 7 heteroatoms. The van der Waals surface area contributed by atoms with Crippen LogP contribution < -0.4 is 4.74 Å². The Balaban J connectivity index is 1.72. The molecule has 0 amide bonds. The molecule has 0 saturated carbocycles. The van der Waals surface area contributed by atoms with Gasteiger partial charge in [-0.1, -0.05) is 0 Å². The average molecular weight is 342 g/mol. The number of esters is 1. The first kappa shape index (κ1) is 16.8. The van der Waals surface area contributed by atoms with E-state index in [9.17, 15) is 4.79 Å². The number of hydrogen-bond acceptors (Lipinski definition) is 7. The van der Waals surface area contributed by atoms with Gasteiger partial charge in [0.25, 0.3) is 5.89 Å². The maximum Gasteiger partial charge on any atom is 0.342 e. The van der Waals surface area contributed by atoms with E-state index in [-0.39, 0.29) is 5.89 Å². The lowest BCUT2D eigenvalue weighted by Gasteiger charge is -2.08. The number of carbonyl (C=O) groups excluding carboxylic acids is 1. The molecule has 1 atom stereocenters. The van der Waals surface area contributed by atoms with Crippen LogP contribution in [0.4, 0.5) is 0 Å². The standard InChI is InChI=1S/C18H18N2O5/c1-10-9-15(11(2)23-10)18(21)24-12(3)16-19-20-17(25-16)13-5-7-14(22-4)8-6-13/h5-9,12H,1-4H3/t12-/m0/s1. The van der Waals surface area contributed by atoms with E-state index in [4.69, 9.17) is 18.3 Å². The zero-order valence-electron chi connectivity index (χ0n) is 14.4.